The number of hydrogen-bond donors (Lipinski definition) is 0. The van der Waals surface area contributed by atoms with Crippen LogP contribution in [0.2, 0.25) is 0 Å². The molecule has 0 spiro atoms. The molecule has 0 aliphatic carbocycles. The Kier molecular flexibility index (Phi) is 4.11. The van der Waals surface area contributed by atoms with Crippen molar-refractivity contribution in [2.45, 2.75) is 13.5 Å². The van der Waals surface area contributed by atoms with E-state index < -0.39 is 0 Å². The van der Waals surface area contributed by atoms with Crippen LogP contribution in [-0.4, -0.2) is 12.1 Å². The van der Waals surface area contributed by atoms with Gasteiger partial charge in [-0.05, 0) is 36.8 Å². The van der Waals surface area contributed by atoms with Crippen molar-refractivity contribution < 1.29 is 9.47 Å². The standard InChI is InChI=1S/C15H14N2O2/c1-11-6-7-13(9-16)15(17-11)19-14-5-3-4-12(8-14)10-18-2/h3-8H,10H2,1-2H3. The first kappa shape index (κ1) is 13.1. The van der Waals surface area contributed by atoms with Gasteiger partial charge in [0.2, 0.25) is 5.88 Å². The molecule has 0 bridgehead atoms. The number of benzene rings is 1. The Labute approximate surface area is 112 Å². The Morgan fingerprint density at radius 1 is 1.26 bits per heavy atom. The van der Waals surface area contributed by atoms with E-state index in [0.29, 0.717) is 23.8 Å². The van der Waals surface area contributed by atoms with Crippen LogP contribution < -0.4 is 4.74 Å². The second-order valence-corrected chi connectivity index (χ2v) is 4.10. The maximum Gasteiger partial charge on any atom is 0.237 e. The normalized spacial score (nSPS) is 9.95. The first-order valence-electron chi connectivity index (χ1n) is 5.86. The first-order chi connectivity index (χ1) is 9.22. The number of nitriles is 1. The van der Waals surface area contributed by atoms with E-state index in [0.717, 1.165) is 11.3 Å². The fourth-order valence-electron chi connectivity index (χ4n) is 1.67. The van der Waals surface area contributed by atoms with Gasteiger partial charge in [-0.2, -0.15) is 5.26 Å². The lowest BCUT2D eigenvalue weighted by molar-refractivity contribution is 0.184. The summed E-state index contributed by atoms with van der Waals surface area (Å²) >= 11 is 0. The van der Waals surface area contributed by atoms with Crippen molar-refractivity contribution in [1.82, 2.24) is 4.98 Å². The van der Waals surface area contributed by atoms with Gasteiger partial charge in [0.05, 0.1) is 6.61 Å². The third-order valence-electron chi connectivity index (χ3n) is 2.54. The lowest BCUT2D eigenvalue weighted by atomic mass is 10.2. The Balaban J connectivity index is 2.28. The molecule has 0 atom stereocenters. The Morgan fingerprint density at radius 2 is 2.11 bits per heavy atom. The summed E-state index contributed by atoms with van der Waals surface area (Å²) in [5.41, 5.74) is 2.23. The van der Waals surface area contributed by atoms with Crippen molar-refractivity contribution in [1.29, 1.82) is 5.26 Å². The Morgan fingerprint density at radius 3 is 2.84 bits per heavy atom. The van der Waals surface area contributed by atoms with Crippen molar-refractivity contribution in [2.75, 3.05) is 7.11 Å². The van der Waals surface area contributed by atoms with Gasteiger partial charge >= 0.3 is 0 Å². The molecule has 4 nitrogen and oxygen atoms in total. The molecular weight excluding hydrogens is 240 g/mol. The average Bonchev–Trinajstić information content (AvgIpc) is 2.40. The molecule has 1 heterocycles. The second kappa shape index (κ2) is 5.98. The second-order valence-electron chi connectivity index (χ2n) is 4.10. The number of aromatic nitrogens is 1. The van der Waals surface area contributed by atoms with Crippen LogP contribution in [-0.2, 0) is 11.3 Å². The van der Waals surface area contributed by atoms with Crippen molar-refractivity contribution >= 4 is 0 Å². The van der Waals surface area contributed by atoms with Gasteiger partial charge in [-0.25, -0.2) is 4.98 Å². The van der Waals surface area contributed by atoms with E-state index in [4.69, 9.17) is 14.7 Å². The molecule has 0 radical (unpaired) electrons. The molecule has 0 saturated heterocycles. The highest BCUT2D eigenvalue weighted by Gasteiger charge is 2.07. The van der Waals surface area contributed by atoms with Gasteiger partial charge in [0.15, 0.2) is 0 Å². The number of pyridine rings is 1. The molecule has 96 valence electrons. The molecule has 0 aliphatic heterocycles. The van der Waals surface area contributed by atoms with E-state index in [9.17, 15) is 0 Å². The zero-order valence-corrected chi connectivity index (χ0v) is 10.9. The predicted octanol–water partition coefficient (Wildman–Crippen LogP) is 3.20. The maximum atomic E-state index is 9.04. The Bertz CT molecular complexity index is 618. The first-order valence-corrected chi connectivity index (χ1v) is 5.86. The topological polar surface area (TPSA) is 55.1 Å². The molecule has 19 heavy (non-hydrogen) atoms. The molecule has 0 saturated carbocycles. The van der Waals surface area contributed by atoms with Gasteiger partial charge in [0, 0.05) is 12.8 Å². The molecule has 1 aromatic heterocycles. The number of methoxy groups -OCH3 is 1. The number of ether oxygens (including phenoxy) is 2. The zero-order valence-electron chi connectivity index (χ0n) is 10.9. The highest BCUT2D eigenvalue weighted by atomic mass is 16.5. The third-order valence-corrected chi connectivity index (χ3v) is 2.54. The number of rotatable bonds is 4. The fourth-order valence-corrected chi connectivity index (χ4v) is 1.67. The smallest absolute Gasteiger partial charge is 0.237 e. The van der Waals surface area contributed by atoms with Crippen LogP contribution in [0.15, 0.2) is 36.4 Å². The molecule has 4 heteroatoms. The van der Waals surface area contributed by atoms with Crippen molar-refractivity contribution in [3.8, 4) is 17.7 Å². The zero-order chi connectivity index (χ0) is 13.7. The summed E-state index contributed by atoms with van der Waals surface area (Å²) < 4.78 is 10.8. The minimum absolute atomic E-state index is 0.331. The van der Waals surface area contributed by atoms with Gasteiger partial charge in [0.1, 0.15) is 17.4 Å². The molecule has 0 unspecified atom stereocenters. The monoisotopic (exact) mass is 254 g/mol. The van der Waals surface area contributed by atoms with Crippen LogP contribution in [0.4, 0.5) is 0 Å². The molecule has 0 N–H and O–H groups in total. The van der Waals surface area contributed by atoms with E-state index in [1.807, 2.05) is 31.2 Å². The fraction of sp³-hybridized carbons (Fsp3) is 0.200. The van der Waals surface area contributed by atoms with E-state index in [1.54, 1.807) is 19.2 Å². The quantitative estimate of drug-likeness (QED) is 0.840. The molecule has 2 aromatic rings. The van der Waals surface area contributed by atoms with Crippen molar-refractivity contribution in [3.63, 3.8) is 0 Å². The molecule has 0 aliphatic rings. The minimum Gasteiger partial charge on any atom is -0.438 e. The van der Waals surface area contributed by atoms with Gasteiger partial charge in [-0.15, -0.1) is 0 Å². The average molecular weight is 254 g/mol. The summed E-state index contributed by atoms with van der Waals surface area (Å²) in [6, 6.07) is 13.1. The summed E-state index contributed by atoms with van der Waals surface area (Å²) in [7, 11) is 1.64. The van der Waals surface area contributed by atoms with Crippen LogP contribution in [0.5, 0.6) is 11.6 Å². The highest BCUT2D eigenvalue weighted by molar-refractivity contribution is 5.41. The number of aryl methyl sites for hydroxylation is 1. The maximum absolute atomic E-state index is 9.04. The van der Waals surface area contributed by atoms with Crippen molar-refractivity contribution in [3.05, 3.63) is 53.2 Å². The van der Waals surface area contributed by atoms with Gasteiger partial charge in [-0.3, -0.25) is 0 Å². The third kappa shape index (κ3) is 3.30. The van der Waals surface area contributed by atoms with Crippen LogP contribution in [0.3, 0.4) is 0 Å². The predicted molar refractivity (Wildman–Crippen MR) is 70.9 cm³/mol. The van der Waals surface area contributed by atoms with Crippen LogP contribution in [0, 0.1) is 18.3 Å². The molecule has 1 aromatic carbocycles. The molecule has 2 rings (SSSR count). The van der Waals surface area contributed by atoms with Gasteiger partial charge < -0.3 is 9.47 Å². The summed E-state index contributed by atoms with van der Waals surface area (Å²) in [5, 5.41) is 9.04. The van der Waals surface area contributed by atoms with E-state index in [2.05, 4.69) is 11.1 Å². The lowest BCUT2D eigenvalue weighted by Crippen LogP contribution is -1.95. The summed E-state index contributed by atoms with van der Waals surface area (Å²) in [5.74, 6) is 0.973. The molecule has 0 fully saturated rings. The van der Waals surface area contributed by atoms with E-state index in [1.165, 1.54) is 0 Å². The highest BCUT2D eigenvalue weighted by Crippen LogP contribution is 2.24. The van der Waals surface area contributed by atoms with Gasteiger partial charge in [0.25, 0.3) is 0 Å². The molecule has 0 amide bonds. The molecular formula is C15H14N2O2. The Hall–Kier alpha value is -2.38. The summed E-state index contributed by atoms with van der Waals surface area (Å²) in [4.78, 5) is 4.24. The van der Waals surface area contributed by atoms with Crippen molar-refractivity contribution in [2.24, 2.45) is 0 Å². The SMILES string of the molecule is COCc1cccc(Oc2nc(C)ccc2C#N)c1. The van der Waals surface area contributed by atoms with Gasteiger partial charge in [-0.1, -0.05) is 12.1 Å². The summed E-state index contributed by atoms with van der Waals surface area (Å²) in [6.07, 6.45) is 0. The van der Waals surface area contributed by atoms with E-state index in [-0.39, 0.29) is 0 Å². The van der Waals surface area contributed by atoms with E-state index >= 15 is 0 Å². The number of hydrogen-bond acceptors (Lipinski definition) is 4. The largest absolute Gasteiger partial charge is 0.438 e. The minimum atomic E-state index is 0.331. The summed E-state index contributed by atoms with van der Waals surface area (Å²) in [6.45, 7) is 2.37. The van der Waals surface area contributed by atoms with Crippen LogP contribution in [0.1, 0.15) is 16.8 Å². The lowest BCUT2D eigenvalue weighted by Gasteiger charge is -2.08. The number of nitrogens with zero attached hydrogens (tertiary/aromatic N) is 2. The van der Waals surface area contributed by atoms with Crippen LogP contribution in [0.25, 0.3) is 0 Å². The van der Waals surface area contributed by atoms with Crippen LogP contribution >= 0.6 is 0 Å².